The van der Waals surface area contributed by atoms with Gasteiger partial charge in [0.2, 0.25) is 0 Å². The van der Waals surface area contributed by atoms with E-state index in [1.165, 1.54) is 0 Å². The van der Waals surface area contributed by atoms with Crippen molar-refractivity contribution in [1.29, 1.82) is 0 Å². The van der Waals surface area contributed by atoms with Gasteiger partial charge in [0.15, 0.2) is 0 Å². The van der Waals surface area contributed by atoms with Gasteiger partial charge in [0, 0.05) is 50.2 Å². The van der Waals surface area contributed by atoms with Gasteiger partial charge in [-0.2, -0.15) is 5.10 Å². The molecule has 36 heavy (non-hydrogen) atoms. The minimum Gasteiger partial charge on any atom is -0.378 e. The number of morpholine rings is 1. The fourth-order valence-electron chi connectivity index (χ4n) is 5.01. The second-order valence-corrected chi connectivity index (χ2v) is 9.75. The van der Waals surface area contributed by atoms with Crippen LogP contribution in [0.1, 0.15) is 32.3 Å². The summed E-state index contributed by atoms with van der Waals surface area (Å²) in [7, 11) is 0. The van der Waals surface area contributed by atoms with Crippen molar-refractivity contribution in [1.82, 2.24) is 19.7 Å². The Labute approximate surface area is 213 Å². The van der Waals surface area contributed by atoms with Crippen LogP contribution < -0.4 is 10.2 Å². The zero-order valence-electron chi connectivity index (χ0n) is 21.5. The van der Waals surface area contributed by atoms with Gasteiger partial charge in [0.1, 0.15) is 5.82 Å². The quantitative estimate of drug-likeness (QED) is 0.526. The largest absolute Gasteiger partial charge is 0.378 e. The molecule has 5 rings (SSSR count). The Morgan fingerprint density at radius 3 is 2.67 bits per heavy atom. The second kappa shape index (κ2) is 10.7. The van der Waals surface area contributed by atoms with E-state index in [0.717, 1.165) is 85.0 Å². The molecule has 190 valence electrons. The summed E-state index contributed by atoms with van der Waals surface area (Å²) in [5.74, 6) is 1.54. The summed E-state index contributed by atoms with van der Waals surface area (Å²) in [6, 6.07) is 10.4. The van der Waals surface area contributed by atoms with Gasteiger partial charge >= 0.3 is 6.03 Å². The van der Waals surface area contributed by atoms with Crippen molar-refractivity contribution in [2.45, 2.75) is 40.2 Å². The molecule has 2 aromatic heterocycles. The van der Waals surface area contributed by atoms with E-state index in [9.17, 15) is 4.79 Å². The number of nitrogens with zero attached hydrogens (tertiary/aromatic N) is 5. The highest BCUT2D eigenvalue weighted by atomic mass is 16.5. The third-order valence-corrected chi connectivity index (χ3v) is 7.35. The molecule has 0 saturated carbocycles. The van der Waals surface area contributed by atoms with Gasteiger partial charge in [-0.15, -0.1) is 0 Å². The van der Waals surface area contributed by atoms with Crippen LogP contribution in [0.4, 0.5) is 16.3 Å². The molecule has 1 aromatic carbocycles. The summed E-state index contributed by atoms with van der Waals surface area (Å²) < 4.78 is 7.49. The number of carbonyl (C=O) groups is 1. The molecular weight excluding hydrogens is 452 g/mol. The molecular formula is C28H36N6O2. The van der Waals surface area contributed by atoms with Crippen molar-refractivity contribution in [3.8, 4) is 22.4 Å². The summed E-state index contributed by atoms with van der Waals surface area (Å²) in [5.41, 5.74) is 6.01. The fraction of sp³-hybridized carbons (Fsp3) is 0.464. The summed E-state index contributed by atoms with van der Waals surface area (Å²) in [6.45, 7) is 11.9. The molecule has 0 unspecified atom stereocenters. The average molecular weight is 489 g/mol. The molecule has 0 bridgehead atoms. The van der Waals surface area contributed by atoms with E-state index in [2.05, 4.69) is 60.4 Å². The van der Waals surface area contributed by atoms with Crippen molar-refractivity contribution < 1.29 is 9.53 Å². The number of anilines is 2. The third kappa shape index (κ3) is 5.23. The number of urea groups is 1. The lowest BCUT2D eigenvalue weighted by Gasteiger charge is -2.28. The summed E-state index contributed by atoms with van der Waals surface area (Å²) in [4.78, 5) is 22.1. The Morgan fingerprint density at radius 1 is 1.11 bits per heavy atom. The molecule has 1 atom stereocenters. The van der Waals surface area contributed by atoms with Gasteiger partial charge in [-0.05, 0) is 67.1 Å². The molecule has 1 N–H and O–H groups in total. The molecule has 3 aromatic rings. The van der Waals surface area contributed by atoms with Gasteiger partial charge in [0.05, 0.1) is 25.1 Å². The van der Waals surface area contributed by atoms with Crippen molar-refractivity contribution in [2.75, 3.05) is 49.6 Å². The number of hydrogen-bond donors (Lipinski definition) is 1. The maximum absolute atomic E-state index is 12.9. The number of carbonyl (C=O) groups excluding carboxylic acids is 1. The number of aryl methyl sites for hydroxylation is 2. The molecule has 2 fully saturated rings. The van der Waals surface area contributed by atoms with Gasteiger partial charge in [0.25, 0.3) is 0 Å². The molecule has 2 aliphatic rings. The number of aromatic nitrogens is 3. The minimum atomic E-state index is -0.0165. The van der Waals surface area contributed by atoms with Crippen LogP contribution in [0, 0.1) is 12.8 Å². The van der Waals surface area contributed by atoms with Gasteiger partial charge in [-0.3, -0.25) is 4.68 Å². The Kier molecular flexibility index (Phi) is 7.23. The standard InChI is InChI=1S/C28H36N6O2/c1-4-21-8-9-33(18-21)28(35)30-24-7-6-20(3)25(16-24)22-14-26(23-17-29-34(5-2)19-23)31-27(15-22)32-10-12-36-13-11-32/h6-7,14-17,19,21H,4-5,8-13,18H2,1-3H3,(H,30,35)/t21-/m1/s1. The Bertz CT molecular complexity index is 1220. The van der Waals surface area contributed by atoms with Crippen molar-refractivity contribution in [2.24, 2.45) is 5.92 Å². The number of nitrogens with one attached hydrogen (secondary N) is 1. The molecule has 0 aliphatic carbocycles. The zero-order chi connectivity index (χ0) is 25.1. The number of ether oxygens (including phenoxy) is 1. The Balaban J connectivity index is 1.48. The van der Waals surface area contributed by atoms with Crippen LogP contribution in [-0.2, 0) is 11.3 Å². The molecule has 2 saturated heterocycles. The first-order chi connectivity index (χ1) is 17.5. The minimum absolute atomic E-state index is 0.0165. The van der Waals surface area contributed by atoms with Crippen LogP contribution in [0.5, 0.6) is 0 Å². The summed E-state index contributed by atoms with van der Waals surface area (Å²) in [5, 5.41) is 7.59. The van der Waals surface area contributed by atoms with Crippen LogP contribution in [0.25, 0.3) is 22.4 Å². The highest BCUT2D eigenvalue weighted by Gasteiger charge is 2.25. The van der Waals surface area contributed by atoms with Crippen LogP contribution in [0.2, 0.25) is 0 Å². The average Bonchev–Trinajstić information content (AvgIpc) is 3.60. The van der Waals surface area contributed by atoms with Crippen LogP contribution in [0.3, 0.4) is 0 Å². The second-order valence-electron chi connectivity index (χ2n) is 9.75. The third-order valence-electron chi connectivity index (χ3n) is 7.35. The van der Waals surface area contributed by atoms with E-state index in [-0.39, 0.29) is 6.03 Å². The molecule has 2 aliphatic heterocycles. The van der Waals surface area contributed by atoms with E-state index >= 15 is 0 Å². The topological polar surface area (TPSA) is 75.5 Å². The predicted octanol–water partition coefficient (Wildman–Crippen LogP) is 5.04. The number of benzene rings is 1. The smallest absolute Gasteiger partial charge is 0.321 e. The first-order valence-corrected chi connectivity index (χ1v) is 13.1. The predicted molar refractivity (Wildman–Crippen MR) is 143 cm³/mol. The number of hydrogen-bond acceptors (Lipinski definition) is 5. The lowest BCUT2D eigenvalue weighted by atomic mass is 9.98. The van der Waals surface area contributed by atoms with Gasteiger partial charge in [-0.25, -0.2) is 9.78 Å². The molecule has 2 amide bonds. The fourth-order valence-corrected chi connectivity index (χ4v) is 5.01. The molecule has 8 nitrogen and oxygen atoms in total. The monoisotopic (exact) mass is 488 g/mol. The Morgan fingerprint density at radius 2 is 1.94 bits per heavy atom. The number of likely N-dealkylation sites (tertiary alicyclic amines) is 1. The highest BCUT2D eigenvalue weighted by Crippen LogP contribution is 2.33. The molecule has 4 heterocycles. The normalized spacial score (nSPS) is 18.0. The van der Waals surface area contributed by atoms with Crippen molar-refractivity contribution >= 4 is 17.5 Å². The van der Waals surface area contributed by atoms with Crippen LogP contribution in [-0.4, -0.2) is 65.1 Å². The molecule has 8 heteroatoms. The molecule has 0 radical (unpaired) electrons. The maximum Gasteiger partial charge on any atom is 0.321 e. The number of rotatable bonds is 6. The summed E-state index contributed by atoms with van der Waals surface area (Å²) in [6.07, 6.45) is 6.12. The lowest BCUT2D eigenvalue weighted by Crippen LogP contribution is -2.36. The number of pyridine rings is 1. The first kappa shape index (κ1) is 24.3. The number of amides is 2. The van der Waals surface area contributed by atoms with E-state index in [4.69, 9.17) is 9.72 Å². The summed E-state index contributed by atoms with van der Waals surface area (Å²) >= 11 is 0. The van der Waals surface area contributed by atoms with Crippen LogP contribution >= 0.6 is 0 Å². The van der Waals surface area contributed by atoms with Gasteiger partial charge < -0.3 is 19.9 Å². The van der Waals surface area contributed by atoms with E-state index in [0.29, 0.717) is 19.1 Å². The molecule has 0 spiro atoms. The van der Waals surface area contributed by atoms with Gasteiger partial charge in [-0.1, -0.05) is 19.4 Å². The zero-order valence-corrected chi connectivity index (χ0v) is 21.5. The van der Waals surface area contributed by atoms with Crippen LogP contribution in [0.15, 0.2) is 42.7 Å². The highest BCUT2D eigenvalue weighted by molar-refractivity contribution is 5.91. The van der Waals surface area contributed by atoms with E-state index in [1.807, 2.05) is 28.0 Å². The lowest BCUT2D eigenvalue weighted by molar-refractivity contribution is 0.122. The van der Waals surface area contributed by atoms with Crippen molar-refractivity contribution in [3.05, 3.63) is 48.3 Å². The maximum atomic E-state index is 12.9. The first-order valence-electron chi connectivity index (χ1n) is 13.1. The van der Waals surface area contributed by atoms with E-state index < -0.39 is 0 Å². The Hall–Kier alpha value is -3.39. The SMILES string of the molecule is CC[C@@H]1CCN(C(=O)Nc2ccc(C)c(-c3cc(-c4cnn(CC)c4)nc(N4CCOCC4)c3)c2)C1. The van der Waals surface area contributed by atoms with Crippen molar-refractivity contribution in [3.63, 3.8) is 0 Å². The van der Waals surface area contributed by atoms with E-state index in [1.54, 1.807) is 0 Å².